The molecule has 1 aromatic heterocycles. The SMILES string of the molecule is [2H]c1c([2H])c([2H])c(-c2ccc3oc4ccc(-c5c6ccccc6c(-c6ccc(-c7ccccc7)cc6)c6ccccc56)cc4c3c2)c([2H])c1[2H]. The van der Waals surface area contributed by atoms with Crippen LogP contribution in [0.5, 0.6) is 0 Å². The Kier molecular flexibility index (Phi) is 4.81. The molecular weight excluding hydrogens is 544 g/mol. The third-order valence-electron chi connectivity index (χ3n) is 8.76. The van der Waals surface area contributed by atoms with Crippen LogP contribution >= 0.6 is 0 Å². The van der Waals surface area contributed by atoms with Crippen molar-refractivity contribution in [3.05, 3.63) is 170 Å². The summed E-state index contributed by atoms with van der Waals surface area (Å²) in [6.07, 6.45) is 0. The maximum absolute atomic E-state index is 8.54. The van der Waals surface area contributed by atoms with Crippen LogP contribution in [0.4, 0.5) is 0 Å². The lowest BCUT2D eigenvalue weighted by Gasteiger charge is -2.18. The number of hydrogen-bond acceptors (Lipinski definition) is 1. The fraction of sp³-hybridized carbons (Fsp3) is 0. The van der Waals surface area contributed by atoms with Gasteiger partial charge in [-0.3, -0.25) is 0 Å². The first-order chi connectivity index (χ1) is 24.4. The summed E-state index contributed by atoms with van der Waals surface area (Å²) in [6, 6.07) is 46.5. The topological polar surface area (TPSA) is 13.1 Å². The van der Waals surface area contributed by atoms with Crippen molar-refractivity contribution in [1.82, 2.24) is 0 Å². The van der Waals surface area contributed by atoms with E-state index in [9.17, 15) is 0 Å². The minimum absolute atomic E-state index is 0.174. The van der Waals surface area contributed by atoms with Gasteiger partial charge in [0.05, 0.1) is 6.85 Å². The Labute approximate surface area is 268 Å². The highest BCUT2D eigenvalue weighted by atomic mass is 16.3. The highest BCUT2D eigenvalue weighted by Crippen LogP contribution is 2.45. The van der Waals surface area contributed by atoms with Crippen LogP contribution < -0.4 is 0 Å². The van der Waals surface area contributed by atoms with Gasteiger partial charge in [-0.25, -0.2) is 0 Å². The van der Waals surface area contributed by atoms with Gasteiger partial charge in [0.25, 0.3) is 0 Å². The van der Waals surface area contributed by atoms with Crippen molar-refractivity contribution < 1.29 is 11.3 Å². The van der Waals surface area contributed by atoms with E-state index in [0.29, 0.717) is 16.7 Å². The van der Waals surface area contributed by atoms with Crippen molar-refractivity contribution in [3.63, 3.8) is 0 Å². The maximum Gasteiger partial charge on any atom is 0.135 e. The molecule has 1 nitrogen and oxygen atoms in total. The van der Waals surface area contributed by atoms with E-state index in [4.69, 9.17) is 11.3 Å². The molecule has 9 aromatic rings. The molecule has 0 radical (unpaired) electrons. The van der Waals surface area contributed by atoms with E-state index >= 15 is 0 Å². The molecule has 0 aliphatic carbocycles. The van der Waals surface area contributed by atoms with Crippen molar-refractivity contribution in [3.8, 4) is 44.5 Å². The van der Waals surface area contributed by atoms with Gasteiger partial charge in [0, 0.05) is 10.8 Å². The Bertz CT molecular complexity index is 2720. The van der Waals surface area contributed by atoms with E-state index in [1.807, 2.05) is 24.3 Å². The molecule has 0 N–H and O–H groups in total. The average Bonchev–Trinajstić information content (AvgIpc) is 3.53. The van der Waals surface area contributed by atoms with Gasteiger partial charge in [0.2, 0.25) is 0 Å². The van der Waals surface area contributed by atoms with Crippen LogP contribution in [0.1, 0.15) is 6.85 Å². The van der Waals surface area contributed by atoms with Crippen molar-refractivity contribution in [2.45, 2.75) is 0 Å². The summed E-state index contributed by atoms with van der Waals surface area (Å²) in [4.78, 5) is 0. The molecule has 210 valence electrons. The summed E-state index contributed by atoms with van der Waals surface area (Å²) in [5, 5.41) is 6.31. The molecule has 1 heteroatoms. The molecule has 0 fully saturated rings. The van der Waals surface area contributed by atoms with Crippen LogP contribution in [-0.4, -0.2) is 0 Å². The first-order valence-electron chi connectivity index (χ1n) is 17.5. The molecule has 0 bridgehead atoms. The minimum Gasteiger partial charge on any atom is -0.456 e. The normalized spacial score (nSPS) is 13.1. The smallest absolute Gasteiger partial charge is 0.135 e. The van der Waals surface area contributed by atoms with Crippen LogP contribution in [0.3, 0.4) is 0 Å². The monoisotopic (exact) mass is 577 g/mol. The maximum atomic E-state index is 8.54. The lowest BCUT2D eigenvalue weighted by molar-refractivity contribution is 0.669. The van der Waals surface area contributed by atoms with Gasteiger partial charge >= 0.3 is 0 Å². The summed E-state index contributed by atoms with van der Waals surface area (Å²) >= 11 is 0. The molecule has 0 amide bonds. The number of rotatable bonds is 4. The molecular formula is C44H28O. The van der Waals surface area contributed by atoms with Gasteiger partial charge in [-0.1, -0.05) is 145 Å². The first-order valence-corrected chi connectivity index (χ1v) is 15.0. The highest BCUT2D eigenvalue weighted by Gasteiger charge is 2.18. The molecule has 45 heavy (non-hydrogen) atoms. The van der Waals surface area contributed by atoms with Gasteiger partial charge in [0.1, 0.15) is 11.2 Å². The molecule has 0 spiro atoms. The number of hydrogen-bond donors (Lipinski definition) is 0. The molecule has 0 saturated carbocycles. The van der Waals surface area contributed by atoms with Crippen molar-refractivity contribution in [2.24, 2.45) is 0 Å². The van der Waals surface area contributed by atoms with Crippen molar-refractivity contribution in [2.75, 3.05) is 0 Å². The van der Waals surface area contributed by atoms with E-state index in [1.54, 1.807) is 6.07 Å². The Morgan fingerprint density at radius 3 is 1.38 bits per heavy atom. The van der Waals surface area contributed by atoms with Crippen LogP contribution in [0.2, 0.25) is 0 Å². The molecule has 0 saturated heterocycles. The second-order valence-electron chi connectivity index (χ2n) is 11.3. The van der Waals surface area contributed by atoms with E-state index in [0.717, 1.165) is 49.0 Å². The quantitative estimate of drug-likeness (QED) is 0.190. The van der Waals surface area contributed by atoms with Gasteiger partial charge < -0.3 is 4.42 Å². The third-order valence-corrected chi connectivity index (χ3v) is 8.76. The molecule has 0 atom stereocenters. The summed E-state index contributed by atoms with van der Waals surface area (Å²) in [5.41, 5.74) is 8.96. The lowest BCUT2D eigenvalue weighted by Crippen LogP contribution is -1.91. The molecule has 0 aliphatic heterocycles. The predicted molar refractivity (Wildman–Crippen MR) is 190 cm³/mol. The average molecular weight is 578 g/mol. The zero-order valence-corrected chi connectivity index (χ0v) is 24.2. The zero-order chi connectivity index (χ0) is 34.1. The standard InChI is InChI=1S/C44H28O/c1-3-11-29(12-4-1)31-19-21-32(22-20-31)43-35-15-7-9-17-37(35)44(38-18-10-8-16-36(38)43)34-24-26-42-40(28-34)39-27-33(23-25-41(39)45-42)30-13-5-2-6-14-30/h1-28H/i2D,5D,6D,13D,14D. The largest absolute Gasteiger partial charge is 0.456 e. The number of benzene rings is 8. The minimum atomic E-state index is -0.405. The molecule has 9 rings (SSSR count). The van der Waals surface area contributed by atoms with Gasteiger partial charge in [-0.05, 0) is 90.3 Å². The predicted octanol–water partition coefficient (Wildman–Crippen LogP) is 12.6. The van der Waals surface area contributed by atoms with Crippen LogP contribution in [0.25, 0.3) is 88.0 Å². The van der Waals surface area contributed by atoms with Gasteiger partial charge in [-0.15, -0.1) is 0 Å². The van der Waals surface area contributed by atoms with E-state index in [-0.39, 0.29) is 29.7 Å². The molecule has 0 unspecified atom stereocenters. The Balaban J connectivity index is 1.25. The summed E-state index contributed by atoms with van der Waals surface area (Å²) in [6.45, 7) is 0. The Hall–Kier alpha value is -5.92. The van der Waals surface area contributed by atoms with E-state index in [1.165, 1.54) is 16.7 Å². The summed E-state index contributed by atoms with van der Waals surface area (Å²) in [5.74, 6) is 0. The molecule has 8 aromatic carbocycles. The fourth-order valence-electron chi connectivity index (χ4n) is 6.69. The van der Waals surface area contributed by atoms with Crippen LogP contribution in [-0.2, 0) is 0 Å². The van der Waals surface area contributed by atoms with E-state index in [2.05, 4.69) is 109 Å². The lowest BCUT2D eigenvalue weighted by atomic mass is 9.85. The van der Waals surface area contributed by atoms with Crippen molar-refractivity contribution in [1.29, 1.82) is 0 Å². The van der Waals surface area contributed by atoms with E-state index < -0.39 is 6.04 Å². The van der Waals surface area contributed by atoms with Crippen molar-refractivity contribution >= 4 is 43.5 Å². The zero-order valence-electron chi connectivity index (χ0n) is 29.2. The molecule has 0 aliphatic rings. The Morgan fingerprint density at radius 1 is 0.333 bits per heavy atom. The van der Waals surface area contributed by atoms with Crippen LogP contribution in [0.15, 0.2) is 174 Å². The van der Waals surface area contributed by atoms with Crippen LogP contribution in [0, 0.1) is 0 Å². The first kappa shape index (κ1) is 20.9. The second kappa shape index (κ2) is 10.4. The fourth-order valence-corrected chi connectivity index (χ4v) is 6.69. The number of fused-ring (bicyclic) bond motifs is 5. The summed E-state index contributed by atoms with van der Waals surface area (Å²) in [7, 11) is 0. The molecule has 1 heterocycles. The second-order valence-corrected chi connectivity index (χ2v) is 11.3. The Morgan fingerprint density at radius 2 is 0.778 bits per heavy atom. The van der Waals surface area contributed by atoms with Gasteiger partial charge in [0.15, 0.2) is 0 Å². The summed E-state index contributed by atoms with van der Waals surface area (Å²) < 4.78 is 47.7. The third kappa shape index (κ3) is 4.24. The number of furan rings is 1. The highest BCUT2D eigenvalue weighted by molar-refractivity contribution is 6.22. The van der Waals surface area contributed by atoms with Gasteiger partial charge in [-0.2, -0.15) is 0 Å².